The minimum absolute atomic E-state index is 0.130. The number of rotatable bonds is 20. The van der Waals surface area contributed by atoms with Crippen LogP contribution in [0.1, 0.15) is 50.7 Å². The normalized spacial score (nSPS) is 14.1. The molecule has 0 spiro atoms. The van der Waals surface area contributed by atoms with Crippen molar-refractivity contribution >= 4 is 41.2 Å². The van der Waals surface area contributed by atoms with Crippen LogP contribution in [0.25, 0.3) is 0 Å². The van der Waals surface area contributed by atoms with Crippen molar-refractivity contribution in [3.05, 3.63) is 71.8 Å². The van der Waals surface area contributed by atoms with Gasteiger partial charge in [-0.15, -0.1) is 0 Å². The van der Waals surface area contributed by atoms with Gasteiger partial charge in [0, 0.05) is 32.2 Å². The van der Waals surface area contributed by atoms with Crippen molar-refractivity contribution in [1.29, 1.82) is 0 Å². The van der Waals surface area contributed by atoms with Gasteiger partial charge in [-0.05, 0) is 30.4 Å². The molecule has 0 radical (unpaired) electrons. The largest absolute Gasteiger partial charge is 0.481 e. The summed E-state index contributed by atoms with van der Waals surface area (Å²) >= 11 is 0. The van der Waals surface area contributed by atoms with E-state index in [1.807, 2.05) is 30.3 Å². The lowest BCUT2D eigenvalue weighted by Gasteiger charge is -2.23. The number of carboxylic acids is 2. The second kappa shape index (κ2) is 18.8. The number of ketones is 2. The predicted octanol–water partition coefficient (Wildman–Crippen LogP) is 1.02. The molecule has 0 heterocycles. The second-order valence-corrected chi connectivity index (χ2v) is 11.1. The summed E-state index contributed by atoms with van der Waals surface area (Å²) in [6, 6.07) is 14.3. The Hall–Kier alpha value is -4.91. The van der Waals surface area contributed by atoms with Crippen molar-refractivity contribution < 1.29 is 43.8 Å². The van der Waals surface area contributed by atoms with Crippen molar-refractivity contribution in [2.45, 2.75) is 70.5 Å². The first-order valence-corrected chi connectivity index (χ1v) is 15.0. The number of carbonyl (C=O) groups excluding carboxylic acids is 5. The van der Waals surface area contributed by atoms with Gasteiger partial charge in [0.2, 0.25) is 17.7 Å². The van der Waals surface area contributed by atoms with E-state index in [2.05, 4.69) is 16.0 Å². The maximum Gasteiger partial charge on any atom is 0.306 e. The van der Waals surface area contributed by atoms with E-state index in [0.29, 0.717) is 0 Å². The van der Waals surface area contributed by atoms with E-state index >= 15 is 0 Å². The van der Waals surface area contributed by atoms with Gasteiger partial charge in [0.1, 0.15) is 6.04 Å². The van der Waals surface area contributed by atoms with Gasteiger partial charge in [-0.3, -0.25) is 33.6 Å². The van der Waals surface area contributed by atoms with Crippen LogP contribution in [0.5, 0.6) is 0 Å². The molecule has 2 aromatic rings. The van der Waals surface area contributed by atoms with E-state index < -0.39 is 84.8 Å². The van der Waals surface area contributed by atoms with Gasteiger partial charge in [-0.1, -0.05) is 67.6 Å². The molecular formula is C33H42N4O9. The first-order valence-electron chi connectivity index (χ1n) is 15.0. The molecule has 0 aliphatic rings. The van der Waals surface area contributed by atoms with Crippen molar-refractivity contribution in [3.63, 3.8) is 0 Å². The molecule has 0 bridgehead atoms. The average Bonchev–Trinajstić information content (AvgIpc) is 3.01. The van der Waals surface area contributed by atoms with Gasteiger partial charge in [0.05, 0.1) is 24.4 Å². The molecule has 5 atom stereocenters. The zero-order chi connectivity index (χ0) is 34.2. The van der Waals surface area contributed by atoms with Gasteiger partial charge in [-0.2, -0.15) is 0 Å². The molecule has 13 nitrogen and oxygen atoms in total. The van der Waals surface area contributed by atoms with Crippen LogP contribution >= 0.6 is 0 Å². The Morgan fingerprint density at radius 1 is 0.696 bits per heavy atom. The van der Waals surface area contributed by atoms with E-state index in [1.165, 1.54) is 6.92 Å². The summed E-state index contributed by atoms with van der Waals surface area (Å²) in [6.45, 7) is 2.47. The zero-order valence-electron chi connectivity index (χ0n) is 25.9. The van der Waals surface area contributed by atoms with Crippen molar-refractivity contribution in [1.82, 2.24) is 16.0 Å². The Labute approximate surface area is 267 Å². The van der Waals surface area contributed by atoms with Crippen LogP contribution in [-0.2, 0) is 46.4 Å². The van der Waals surface area contributed by atoms with Crippen molar-refractivity contribution in [3.8, 4) is 0 Å². The second-order valence-electron chi connectivity index (χ2n) is 11.1. The number of hydrogen-bond donors (Lipinski definition) is 6. The summed E-state index contributed by atoms with van der Waals surface area (Å²) in [5, 5.41) is 26.0. The van der Waals surface area contributed by atoms with Crippen LogP contribution in [0.2, 0.25) is 0 Å². The summed E-state index contributed by atoms with van der Waals surface area (Å²) in [7, 11) is 0. The standard InChI is InChI=1S/C33H42N4O9/c1-3-23(33(45)46)16-28(39)27(18-30(41)42)37-32(44)25(34)19-35-31(43)24(14-21-10-6-4-7-11-21)17-29(40)26(36-20(2)38)15-22-12-8-5-9-13-22/h4-13,23-27H,3,14-19,34H2,1-2H3,(H,35,43)(H,36,38)(H,37,44)(H,41,42)(H,45,46)/t23-,24-,25+,26+,27+/m1/s1. The van der Waals surface area contributed by atoms with E-state index in [9.17, 15) is 43.8 Å². The molecule has 0 fully saturated rings. The molecule has 0 unspecified atom stereocenters. The number of amides is 3. The molecule has 0 aliphatic heterocycles. The molecule has 3 amide bonds. The first-order chi connectivity index (χ1) is 21.8. The topological polar surface area (TPSA) is 222 Å². The van der Waals surface area contributed by atoms with Crippen LogP contribution < -0.4 is 21.7 Å². The Kier molecular flexibility index (Phi) is 15.2. The summed E-state index contributed by atoms with van der Waals surface area (Å²) in [6.07, 6.45) is -0.947. The molecular weight excluding hydrogens is 596 g/mol. The lowest BCUT2D eigenvalue weighted by atomic mass is 9.89. The third-order valence-electron chi connectivity index (χ3n) is 7.40. The summed E-state index contributed by atoms with van der Waals surface area (Å²) in [5.74, 6) is -7.57. The predicted molar refractivity (Wildman–Crippen MR) is 167 cm³/mol. The molecule has 0 aliphatic carbocycles. The molecule has 0 saturated carbocycles. The van der Waals surface area contributed by atoms with E-state index in [4.69, 9.17) is 5.73 Å². The molecule has 2 aromatic carbocycles. The SMILES string of the molecule is CC[C@H](CC(=O)[C@H](CC(=O)O)NC(=O)[C@@H](N)CNC(=O)[C@@H](CC(=O)[C@H](Cc1ccccc1)NC(C)=O)Cc1ccccc1)C(=O)O. The monoisotopic (exact) mass is 638 g/mol. The quantitative estimate of drug-likeness (QED) is 0.121. The van der Waals surface area contributed by atoms with Gasteiger partial charge < -0.3 is 31.9 Å². The molecule has 7 N–H and O–H groups in total. The fourth-order valence-corrected chi connectivity index (χ4v) is 4.82. The maximum absolute atomic E-state index is 13.4. The van der Waals surface area contributed by atoms with E-state index in [0.717, 1.165) is 11.1 Å². The molecule has 13 heteroatoms. The highest BCUT2D eigenvalue weighted by molar-refractivity contribution is 5.95. The molecule has 2 rings (SSSR count). The fourth-order valence-electron chi connectivity index (χ4n) is 4.82. The van der Waals surface area contributed by atoms with Crippen LogP contribution in [0.3, 0.4) is 0 Å². The first kappa shape index (κ1) is 37.3. The Balaban J connectivity index is 2.14. The van der Waals surface area contributed by atoms with Gasteiger partial charge in [0.15, 0.2) is 11.6 Å². The average molecular weight is 639 g/mol. The number of carbonyl (C=O) groups is 7. The highest BCUT2D eigenvalue weighted by Gasteiger charge is 2.31. The minimum Gasteiger partial charge on any atom is -0.481 e. The molecule has 46 heavy (non-hydrogen) atoms. The number of benzene rings is 2. The lowest BCUT2D eigenvalue weighted by Crippen LogP contribution is -2.53. The van der Waals surface area contributed by atoms with Crippen LogP contribution in [-0.4, -0.2) is 76.1 Å². The number of nitrogens with two attached hydrogens (primary N) is 1. The lowest BCUT2D eigenvalue weighted by molar-refractivity contribution is -0.144. The van der Waals surface area contributed by atoms with Gasteiger partial charge in [0.25, 0.3) is 0 Å². The Morgan fingerprint density at radius 2 is 1.22 bits per heavy atom. The summed E-state index contributed by atoms with van der Waals surface area (Å²) < 4.78 is 0. The van der Waals surface area contributed by atoms with Crippen molar-refractivity contribution in [2.75, 3.05) is 6.54 Å². The van der Waals surface area contributed by atoms with Gasteiger partial charge >= 0.3 is 11.9 Å². The van der Waals surface area contributed by atoms with Crippen LogP contribution in [0.15, 0.2) is 60.7 Å². The third-order valence-corrected chi connectivity index (χ3v) is 7.40. The highest BCUT2D eigenvalue weighted by Crippen LogP contribution is 2.17. The fraction of sp³-hybridized carbons (Fsp3) is 0.424. The zero-order valence-corrected chi connectivity index (χ0v) is 25.9. The minimum atomic E-state index is -1.51. The maximum atomic E-state index is 13.4. The molecule has 248 valence electrons. The Morgan fingerprint density at radius 3 is 1.72 bits per heavy atom. The summed E-state index contributed by atoms with van der Waals surface area (Å²) in [4.78, 5) is 86.9. The van der Waals surface area contributed by atoms with Gasteiger partial charge in [-0.25, -0.2) is 0 Å². The van der Waals surface area contributed by atoms with E-state index in [1.54, 1.807) is 37.3 Å². The number of Topliss-reactive ketones (excluding diaryl/α,β-unsaturated/α-hetero) is 2. The van der Waals surface area contributed by atoms with Crippen LogP contribution in [0.4, 0.5) is 0 Å². The van der Waals surface area contributed by atoms with Crippen LogP contribution in [0, 0.1) is 11.8 Å². The summed E-state index contributed by atoms with van der Waals surface area (Å²) in [5.41, 5.74) is 7.57. The number of carboxylic acid groups (broad SMARTS) is 2. The highest BCUT2D eigenvalue weighted by atomic mass is 16.4. The van der Waals surface area contributed by atoms with Crippen molar-refractivity contribution in [2.24, 2.45) is 17.6 Å². The van der Waals surface area contributed by atoms with E-state index in [-0.39, 0.29) is 31.5 Å². The molecule has 0 saturated heterocycles. The number of aliphatic carboxylic acids is 2. The third kappa shape index (κ3) is 13.0. The smallest absolute Gasteiger partial charge is 0.306 e. The Bertz CT molecular complexity index is 1370. The number of nitrogens with one attached hydrogen (secondary N) is 3. The number of hydrogen-bond acceptors (Lipinski definition) is 8. The molecule has 0 aromatic heterocycles.